The van der Waals surface area contributed by atoms with Crippen molar-refractivity contribution in [2.24, 2.45) is 0 Å². The Kier molecular flexibility index (Phi) is 5.76. The third-order valence-electron chi connectivity index (χ3n) is 3.25. The molecule has 1 amide bonds. The molecule has 0 aromatic heterocycles. The Morgan fingerprint density at radius 2 is 1.78 bits per heavy atom. The van der Waals surface area contributed by atoms with Crippen LogP contribution in [0.5, 0.6) is 0 Å². The predicted molar refractivity (Wildman–Crippen MR) is 89.7 cm³/mol. The van der Waals surface area contributed by atoms with Gasteiger partial charge in [-0.15, -0.1) is 0 Å². The maximum Gasteiger partial charge on any atom is 0.240 e. The normalized spacial score (nSPS) is 11.2. The summed E-state index contributed by atoms with van der Waals surface area (Å²) in [5.74, 6) is -0.144. The summed E-state index contributed by atoms with van der Waals surface area (Å²) in [5.41, 5.74) is 1.57. The SMILES string of the molecule is CNS(=O)(=O)c1cccc(CNC(=O)Cc2ccc(Cl)cc2)c1. The summed E-state index contributed by atoms with van der Waals surface area (Å²) in [6.45, 7) is 0.263. The van der Waals surface area contributed by atoms with E-state index in [-0.39, 0.29) is 23.8 Å². The number of halogens is 1. The lowest BCUT2D eigenvalue weighted by atomic mass is 10.1. The minimum absolute atomic E-state index is 0.144. The van der Waals surface area contributed by atoms with Crippen molar-refractivity contribution in [3.05, 3.63) is 64.7 Å². The first-order valence-electron chi connectivity index (χ1n) is 6.94. The molecule has 122 valence electrons. The maximum absolute atomic E-state index is 11.9. The first-order chi connectivity index (χ1) is 10.9. The Morgan fingerprint density at radius 3 is 2.43 bits per heavy atom. The first kappa shape index (κ1) is 17.5. The first-order valence-corrected chi connectivity index (χ1v) is 8.80. The highest BCUT2D eigenvalue weighted by atomic mass is 35.5. The lowest BCUT2D eigenvalue weighted by molar-refractivity contribution is -0.120. The standard InChI is InChI=1S/C16H17ClN2O3S/c1-18-23(21,22)15-4-2-3-13(9-15)11-19-16(20)10-12-5-7-14(17)8-6-12/h2-9,18H,10-11H2,1H3,(H,19,20). The summed E-state index contributed by atoms with van der Waals surface area (Å²) < 4.78 is 25.8. The van der Waals surface area contributed by atoms with Gasteiger partial charge in [0, 0.05) is 11.6 Å². The minimum atomic E-state index is -3.49. The van der Waals surface area contributed by atoms with Gasteiger partial charge in [0.25, 0.3) is 0 Å². The number of hydrogen-bond acceptors (Lipinski definition) is 3. The van der Waals surface area contributed by atoms with Gasteiger partial charge in [-0.2, -0.15) is 0 Å². The van der Waals surface area contributed by atoms with E-state index < -0.39 is 10.0 Å². The molecular weight excluding hydrogens is 336 g/mol. The van der Waals surface area contributed by atoms with Gasteiger partial charge in [0.2, 0.25) is 15.9 Å². The number of benzene rings is 2. The van der Waals surface area contributed by atoms with Crippen molar-refractivity contribution >= 4 is 27.5 Å². The lowest BCUT2D eigenvalue weighted by Crippen LogP contribution is -2.25. The van der Waals surface area contributed by atoms with E-state index in [9.17, 15) is 13.2 Å². The fourth-order valence-electron chi connectivity index (χ4n) is 1.99. The minimum Gasteiger partial charge on any atom is -0.352 e. The van der Waals surface area contributed by atoms with Crippen molar-refractivity contribution in [3.63, 3.8) is 0 Å². The van der Waals surface area contributed by atoms with E-state index in [1.807, 2.05) is 0 Å². The fraction of sp³-hybridized carbons (Fsp3) is 0.188. The van der Waals surface area contributed by atoms with E-state index in [2.05, 4.69) is 10.0 Å². The predicted octanol–water partition coefficient (Wildman–Crippen LogP) is 2.11. The zero-order valence-electron chi connectivity index (χ0n) is 12.5. The molecule has 0 heterocycles. The number of nitrogens with one attached hydrogen (secondary N) is 2. The van der Waals surface area contributed by atoms with E-state index in [1.54, 1.807) is 36.4 Å². The third kappa shape index (κ3) is 5.06. The van der Waals surface area contributed by atoms with Gasteiger partial charge in [0.15, 0.2) is 0 Å². The molecule has 0 aliphatic carbocycles. The van der Waals surface area contributed by atoms with Crippen molar-refractivity contribution in [3.8, 4) is 0 Å². The topological polar surface area (TPSA) is 75.3 Å². The largest absolute Gasteiger partial charge is 0.352 e. The van der Waals surface area contributed by atoms with Gasteiger partial charge in [0.05, 0.1) is 11.3 Å². The van der Waals surface area contributed by atoms with Crippen LogP contribution in [0, 0.1) is 0 Å². The average molecular weight is 353 g/mol. The second-order valence-corrected chi connectivity index (χ2v) is 7.26. The molecule has 0 aliphatic rings. The van der Waals surface area contributed by atoms with Gasteiger partial charge in [-0.1, -0.05) is 35.9 Å². The van der Waals surface area contributed by atoms with Gasteiger partial charge in [0.1, 0.15) is 0 Å². The zero-order chi connectivity index (χ0) is 16.9. The van der Waals surface area contributed by atoms with Crippen molar-refractivity contribution < 1.29 is 13.2 Å². The van der Waals surface area contributed by atoms with Gasteiger partial charge < -0.3 is 5.32 Å². The summed E-state index contributed by atoms with van der Waals surface area (Å²) >= 11 is 5.80. The van der Waals surface area contributed by atoms with E-state index in [4.69, 9.17) is 11.6 Å². The number of carbonyl (C=O) groups excluding carboxylic acids is 1. The quantitative estimate of drug-likeness (QED) is 0.836. The van der Waals surface area contributed by atoms with Gasteiger partial charge in [-0.3, -0.25) is 4.79 Å². The summed E-state index contributed by atoms with van der Waals surface area (Å²) in [6, 6.07) is 13.5. The van der Waals surface area contributed by atoms with Crippen LogP contribution in [0.4, 0.5) is 0 Å². The second kappa shape index (κ2) is 7.59. The Balaban J connectivity index is 1.96. The van der Waals surface area contributed by atoms with Crippen LogP contribution in [0.25, 0.3) is 0 Å². The van der Waals surface area contributed by atoms with Gasteiger partial charge >= 0.3 is 0 Å². The van der Waals surface area contributed by atoms with Crippen LogP contribution < -0.4 is 10.0 Å². The molecule has 0 fully saturated rings. The smallest absolute Gasteiger partial charge is 0.240 e. The molecule has 0 saturated heterocycles. The highest BCUT2D eigenvalue weighted by Gasteiger charge is 2.11. The van der Waals surface area contributed by atoms with E-state index >= 15 is 0 Å². The Bertz CT molecular complexity index is 789. The molecule has 2 N–H and O–H groups in total. The molecule has 23 heavy (non-hydrogen) atoms. The molecule has 0 unspecified atom stereocenters. The second-order valence-electron chi connectivity index (χ2n) is 4.93. The Morgan fingerprint density at radius 1 is 1.09 bits per heavy atom. The number of amides is 1. The fourth-order valence-corrected chi connectivity index (χ4v) is 2.92. The van der Waals surface area contributed by atoms with Crippen molar-refractivity contribution in [2.75, 3.05) is 7.05 Å². The highest BCUT2D eigenvalue weighted by molar-refractivity contribution is 7.89. The molecule has 2 rings (SSSR count). The molecule has 2 aromatic carbocycles. The molecule has 0 atom stereocenters. The van der Waals surface area contributed by atoms with Gasteiger partial charge in [-0.05, 0) is 42.4 Å². The van der Waals surface area contributed by atoms with Crippen LogP contribution in [0.15, 0.2) is 53.4 Å². The molecule has 0 aliphatic heterocycles. The van der Waals surface area contributed by atoms with Crippen molar-refractivity contribution in [1.82, 2.24) is 10.0 Å². The number of rotatable bonds is 6. The molecule has 0 saturated carbocycles. The molecule has 0 bridgehead atoms. The van der Waals surface area contributed by atoms with Gasteiger partial charge in [-0.25, -0.2) is 13.1 Å². The van der Waals surface area contributed by atoms with Crippen LogP contribution in [-0.4, -0.2) is 21.4 Å². The number of hydrogen-bond donors (Lipinski definition) is 2. The summed E-state index contributed by atoms with van der Waals surface area (Å²) in [4.78, 5) is 12.1. The van der Waals surface area contributed by atoms with Crippen molar-refractivity contribution in [2.45, 2.75) is 17.9 Å². The zero-order valence-corrected chi connectivity index (χ0v) is 14.1. The van der Waals surface area contributed by atoms with E-state index in [1.165, 1.54) is 19.2 Å². The van der Waals surface area contributed by atoms with E-state index in [0.717, 1.165) is 5.56 Å². The number of carbonyl (C=O) groups is 1. The van der Waals surface area contributed by atoms with Crippen LogP contribution in [0.2, 0.25) is 5.02 Å². The molecule has 5 nitrogen and oxygen atoms in total. The highest BCUT2D eigenvalue weighted by Crippen LogP contribution is 2.12. The number of sulfonamides is 1. The van der Waals surface area contributed by atoms with Crippen LogP contribution in [-0.2, 0) is 27.8 Å². The monoisotopic (exact) mass is 352 g/mol. The third-order valence-corrected chi connectivity index (χ3v) is 4.91. The average Bonchev–Trinajstić information content (AvgIpc) is 2.55. The molecule has 0 radical (unpaired) electrons. The Hall–Kier alpha value is -1.89. The summed E-state index contributed by atoms with van der Waals surface area (Å²) in [5, 5.41) is 3.39. The summed E-state index contributed by atoms with van der Waals surface area (Å²) in [6.07, 6.45) is 0.242. The Labute approximate surface area is 140 Å². The van der Waals surface area contributed by atoms with Crippen molar-refractivity contribution in [1.29, 1.82) is 0 Å². The maximum atomic E-state index is 11.9. The van der Waals surface area contributed by atoms with Crippen LogP contribution >= 0.6 is 11.6 Å². The molecular formula is C16H17ClN2O3S. The molecule has 7 heteroatoms. The van der Waals surface area contributed by atoms with Crippen LogP contribution in [0.1, 0.15) is 11.1 Å². The molecule has 0 spiro atoms. The molecule has 2 aromatic rings. The van der Waals surface area contributed by atoms with Crippen LogP contribution in [0.3, 0.4) is 0 Å². The van der Waals surface area contributed by atoms with E-state index in [0.29, 0.717) is 10.6 Å². The summed E-state index contributed by atoms with van der Waals surface area (Å²) in [7, 11) is -2.13. The lowest BCUT2D eigenvalue weighted by Gasteiger charge is -2.08.